The first-order valence-corrected chi connectivity index (χ1v) is 13.6. The van der Waals surface area contributed by atoms with Gasteiger partial charge in [-0.15, -0.1) is 0 Å². The summed E-state index contributed by atoms with van der Waals surface area (Å²) in [7, 11) is 2.03. The second kappa shape index (κ2) is 11.5. The minimum absolute atomic E-state index is 0.143. The molecule has 0 saturated carbocycles. The fourth-order valence-corrected chi connectivity index (χ4v) is 5.56. The monoisotopic (exact) mass is 552 g/mol. The number of carbonyl (C=O) groups excluding carboxylic acids is 1. The Balaban J connectivity index is 1.39. The lowest BCUT2D eigenvalue weighted by Gasteiger charge is -2.38. The molecule has 10 heteroatoms. The predicted molar refractivity (Wildman–Crippen MR) is 149 cm³/mol. The van der Waals surface area contributed by atoms with Crippen LogP contribution in [-0.4, -0.2) is 65.4 Å². The number of amides is 1. The molecule has 1 aromatic heterocycles. The van der Waals surface area contributed by atoms with E-state index < -0.39 is 17.6 Å². The highest BCUT2D eigenvalue weighted by Crippen LogP contribution is 2.36. The molecule has 1 amide bonds. The van der Waals surface area contributed by atoms with E-state index in [9.17, 15) is 18.0 Å². The van der Waals surface area contributed by atoms with E-state index in [-0.39, 0.29) is 11.6 Å². The Morgan fingerprint density at radius 1 is 1.05 bits per heavy atom. The van der Waals surface area contributed by atoms with Gasteiger partial charge in [-0.25, -0.2) is 9.97 Å². The molecule has 3 heterocycles. The first kappa shape index (κ1) is 28.0. The number of nitrogens with one attached hydrogen (secondary N) is 1. The Bertz CT molecular complexity index is 1340. The van der Waals surface area contributed by atoms with E-state index in [1.165, 1.54) is 18.0 Å². The number of halogens is 3. The molecule has 212 valence electrons. The van der Waals surface area contributed by atoms with Crippen LogP contribution in [0.25, 0.3) is 0 Å². The summed E-state index contributed by atoms with van der Waals surface area (Å²) in [6, 6.07) is 9.45. The second-order valence-electron chi connectivity index (χ2n) is 11.2. The van der Waals surface area contributed by atoms with E-state index in [1.54, 1.807) is 24.5 Å². The van der Waals surface area contributed by atoms with Crippen LogP contribution in [0.4, 0.5) is 24.5 Å². The molecule has 0 radical (unpaired) electrons. The van der Waals surface area contributed by atoms with E-state index in [2.05, 4.69) is 43.8 Å². The summed E-state index contributed by atoms with van der Waals surface area (Å²) in [4.78, 5) is 28.2. The van der Waals surface area contributed by atoms with Gasteiger partial charge in [-0.1, -0.05) is 19.9 Å². The number of rotatable bonds is 6. The summed E-state index contributed by atoms with van der Waals surface area (Å²) in [5, 5.41) is 2.74. The molecule has 5 rings (SSSR count). The Morgan fingerprint density at radius 2 is 1.77 bits per heavy atom. The number of fused-ring (bicyclic) bond motifs is 1. The van der Waals surface area contributed by atoms with Crippen LogP contribution in [0.5, 0.6) is 0 Å². The number of hydrogen-bond donors (Lipinski definition) is 1. The van der Waals surface area contributed by atoms with Gasteiger partial charge in [0.25, 0.3) is 5.91 Å². The van der Waals surface area contributed by atoms with Gasteiger partial charge in [0.2, 0.25) is 0 Å². The summed E-state index contributed by atoms with van der Waals surface area (Å²) in [6.07, 6.45) is 0.534. The molecule has 2 aromatic carbocycles. The highest BCUT2D eigenvalue weighted by molar-refractivity contribution is 6.04. The number of aromatic nitrogens is 2. The van der Waals surface area contributed by atoms with E-state index in [4.69, 9.17) is 0 Å². The maximum atomic E-state index is 13.8. The molecule has 1 N–H and O–H groups in total. The van der Waals surface area contributed by atoms with Crippen molar-refractivity contribution in [2.24, 2.45) is 5.92 Å². The third kappa shape index (κ3) is 6.45. The molecule has 0 bridgehead atoms. The zero-order valence-electron chi connectivity index (χ0n) is 23.1. The van der Waals surface area contributed by atoms with Crippen LogP contribution in [0.1, 0.15) is 52.4 Å². The lowest BCUT2D eigenvalue weighted by molar-refractivity contribution is -0.137. The molecule has 0 unspecified atom stereocenters. The minimum Gasteiger partial charge on any atom is -0.364 e. The summed E-state index contributed by atoms with van der Waals surface area (Å²) in [5.74, 6) is 0.185. The molecule has 2 aliphatic rings. The average Bonchev–Trinajstić information content (AvgIpc) is 2.93. The molecule has 1 saturated heterocycles. The summed E-state index contributed by atoms with van der Waals surface area (Å²) >= 11 is 0. The van der Waals surface area contributed by atoms with Gasteiger partial charge in [0.1, 0.15) is 6.33 Å². The number of carbonyl (C=O) groups is 1. The summed E-state index contributed by atoms with van der Waals surface area (Å²) in [5.41, 5.74) is 3.43. The van der Waals surface area contributed by atoms with E-state index in [0.717, 1.165) is 50.0 Å². The lowest BCUT2D eigenvalue weighted by Crippen LogP contribution is -2.43. The predicted octanol–water partition coefficient (Wildman–Crippen LogP) is 5.25. The third-order valence-corrected chi connectivity index (χ3v) is 7.88. The van der Waals surface area contributed by atoms with E-state index in [0.29, 0.717) is 30.1 Å². The molecule has 1 atom stereocenters. The Labute approximate surface area is 233 Å². The number of benzene rings is 2. The number of nitrogens with zero attached hydrogens (tertiary/aromatic N) is 5. The van der Waals surface area contributed by atoms with Crippen molar-refractivity contribution in [3.05, 3.63) is 82.9 Å². The minimum atomic E-state index is -4.51. The number of anilines is 2. The zero-order valence-corrected chi connectivity index (χ0v) is 23.1. The molecular weight excluding hydrogens is 517 g/mol. The molecule has 1 fully saturated rings. The topological polar surface area (TPSA) is 64.6 Å². The van der Waals surface area contributed by atoms with Crippen molar-refractivity contribution in [2.75, 3.05) is 50.0 Å². The first-order chi connectivity index (χ1) is 19.1. The van der Waals surface area contributed by atoms with Gasteiger partial charge in [0.15, 0.2) is 0 Å². The van der Waals surface area contributed by atoms with Gasteiger partial charge in [-0.3, -0.25) is 9.69 Å². The highest BCUT2D eigenvalue weighted by atomic mass is 19.4. The third-order valence-electron chi connectivity index (χ3n) is 7.88. The molecule has 40 heavy (non-hydrogen) atoms. The van der Waals surface area contributed by atoms with Crippen LogP contribution in [0.3, 0.4) is 0 Å². The van der Waals surface area contributed by atoms with Crippen LogP contribution in [0, 0.1) is 5.92 Å². The average molecular weight is 553 g/mol. The normalized spacial score (nSPS) is 18.6. The van der Waals surface area contributed by atoms with Crippen molar-refractivity contribution in [3.63, 3.8) is 0 Å². The van der Waals surface area contributed by atoms with Crippen molar-refractivity contribution in [1.82, 2.24) is 19.8 Å². The molecule has 3 aromatic rings. The maximum Gasteiger partial charge on any atom is 0.416 e. The largest absolute Gasteiger partial charge is 0.416 e. The standard InChI is InChI=1S/C30H35F3N6O/c1-20(2)28-18-39(26-14-34-19-35-15-26)17-23-12-22(4-5-27(23)28)29(40)36-25-11-21(10-24(13-25)30(31,32)33)16-38-8-6-37(3)7-9-38/h4-5,10-15,19-20,28H,6-9,16-18H2,1-3H3,(H,36,40)/t28-/m0/s1. The van der Waals surface area contributed by atoms with Gasteiger partial charge in [0.05, 0.1) is 23.6 Å². The van der Waals surface area contributed by atoms with Gasteiger partial charge in [-0.05, 0) is 60.0 Å². The quantitative estimate of drug-likeness (QED) is 0.451. The molecular formula is C30H35F3N6O. The van der Waals surface area contributed by atoms with Gasteiger partial charge in [0, 0.05) is 63.0 Å². The Kier molecular flexibility index (Phi) is 8.09. The fourth-order valence-electron chi connectivity index (χ4n) is 5.56. The van der Waals surface area contributed by atoms with Crippen LogP contribution in [-0.2, 0) is 19.3 Å². The van der Waals surface area contributed by atoms with Crippen LogP contribution < -0.4 is 10.2 Å². The fraction of sp³-hybridized carbons (Fsp3) is 0.433. The van der Waals surface area contributed by atoms with Gasteiger partial charge >= 0.3 is 6.18 Å². The maximum absolute atomic E-state index is 13.8. The number of hydrogen-bond acceptors (Lipinski definition) is 6. The van der Waals surface area contributed by atoms with Crippen molar-refractivity contribution < 1.29 is 18.0 Å². The number of piperazine rings is 1. The molecule has 7 nitrogen and oxygen atoms in total. The van der Waals surface area contributed by atoms with E-state index >= 15 is 0 Å². The first-order valence-electron chi connectivity index (χ1n) is 13.6. The molecule has 2 aliphatic heterocycles. The van der Waals surface area contributed by atoms with Crippen LogP contribution in [0.2, 0.25) is 0 Å². The zero-order chi connectivity index (χ0) is 28.4. The second-order valence-corrected chi connectivity index (χ2v) is 11.2. The van der Waals surface area contributed by atoms with Crippen LogP contribution >= 0.6 is 0 Å². The highest BCUT2D eigenvalue weighted by Gasteiger charge is 2.32. The van der Waals surface area contributed by atoms with Gasteiger partial charge < -0.3 is 15.1 Å². The smallest absolute Gasteiger partial charge is 0.364 e. The summed E-state index contributed by atoms with van der Waals surface area (Å²) in [6.45, 7) is 9.45. The van der Waals surface area contributed by atoms with Gasteiger partial charge in [-0.2, -0.15) is 13.2 Å². The van der Waals surface area contributed by atoms with Crippen molar-refractivity contribution in [1.29, 1.82) is 0 Å². The number of likely N-dealkylation sites (N-methyl/N-ethyl adjacent to an activating group) is 1. The Morgan fingerprint density at radius 3 is 2.45 bits per heavy atom. The summed E-state index contributed by atoms with van der Waals surface area (Å²) < 4.78 is 41.3. The van der Waals surface area contributed by atoms with Crippen molar-refractivity contribution >= 4 is 17.3 Å². The van der Waals surface area contributed by atoms with Crippen LogP contribution in [0.15, 0.2) is 55.1 Å². The Hall–Kier alpha value is -3.50. The molecule has 0 spiro atoms. The molecule has 0 aliphatic carbocycles. The van der Waals surface area contributed by atoms with E-state index in [1.807, 2.05) is 19.2 Å². The van der Waals surface area contributed by atoms with Crippen molar-refractivity contribution in [3.8, 4) is 0 Å². The van der Waals surface area contributed by atoms with Crippen molar-refractivity contribution in [2.45, 2.75) is 39.0 Å². The lowest BCUT2D eigenvalue weighted by atomic mass is 9.81. The number of alkyl halides is 3. The SMILES string of the molecule is CC(C)[C@@H]1CN(c2cncnc2)Cc2cc(C(=O)Nc3cc(CN4CCN(C)CC4)cc(C(F)(F)F)c3)ccc21.